The van der Waals surface area contributed by atoms with Gasteiger partial charge >= 0.3 is 6.18 Å². The summed E-state index contributed by atoms with van der Waals surface area (Å²) in [6.45, 7) is 0. The van der Waals surface area contributed by atoms with Crippen LogP contribution in [0.4, 0.5) is 13.2 Å². The number of alkyl halides is 3. The van der Waals surface area contributed by atoms with E-state index in [-0.39, 0.29) is 4.88 Å². The molecule has 2 aromatic rings. The van der Waals surface area contributed by atoms with Gasteiger partial charge in [-0.1, -0.05) is 6.07 Å². The van der Waals surface area contributed by atoms with Crippen LogP contribution in [0.5, 0.6) is 0 Å². The molecule has 10 heteroatoms. The van der Waals surface area contributed by atoms with Crippen LogP contribution in [-0.4, -0.2) is 32.9 Å². The van der Waals surface area contributed by atoms with Crippen LogP contribution < -0.4 is 10.6 Å². The van der Waals surface area contributed by atoms with Gasteiger partial charge in [-0.15, -0.1) is 11.3 Å². The minimum absolute atomic E-state index is 0.114. The van der Waals surface area contributed by atoms with Gasteiger partial charge in [-0.05, 0) is 41.4 Å². The number of carbonyl (C=O) groups is 1. The monoisotopic (exact) mass is 387 g/mol. The molecule has 0 radical (unpaired) electrons. The molecular weight excluding hydrogens is 375 g/mol. The Morgan fingerprint density at radius 2 is 2.00 bits per heavy atom. The molecule has 2 aromatic heterocycles. The van der Waals surface area contributed by atoms with Gasteiger partial charge in [0.25, 0.3) is 0 Å². The van der Waals surface area contributed by atoms with Gasteiger partial charge in [0, 0.05) is 12.4 Å². The first-order chi connectivity index (χ1) is 11.7. The van der Waals surface area contributed by atoms with Gasteiger partial charge in [0.1, 0.15) is 5.92 Å². The van der Waals surface area contributed by atoms with Crippen LogP contribution in [0.3, 0.4) is 0 Å². The number of halogens is 3. The quantitative estimate of drug-likeness (QED) is 0.555. The number of thiocarbonyl (C=S) groups is 1. The van der Waals surface area contributed by atoms with Gasteiger partial charge in [-0.25, -0.2) is 0 Å². The molecule has 0 amide bonds. The molecule has 25 heavy (non-hydrogen) atoms. The van der Waals surface area contributed by atoms with Crippen molar-refractivity contribution in [3.8, 4) is 0 Å². The van der Waals surface area contributed by atoms with Gasteiger partial charge in [0.05, 0.1) is 10.9 Å². The molecule has 0 aliphatic carbocycles. The standard InChI is InChI=1S/C15H12F3N3O2S2/c16-15(17,18)14(23)10(12(22)9-2-1-7-25-9)11(20-13(24)21-14)8-3-5-19-6-4-8/h1-7,10-11,23H,(H2,20,21,24)/t10-,11-,14+/m1/s1. The van der Waals surface area contributed by atoms with E-state index in [1.165, 1.54) is 30.6 Å². The fourth-order valence-electron chi connectivity index (χ4n) is 2.76. The average Bonchev–Trinajstić information content (AvgIpc) is 3.08. The number of pyridine rings is 1. The molecule has 3 rings (SSSR count). The Balaban J connectivity index is 2.15. The molecule has 1 aliphatic rings. The largest absolute Gasteiger partial charge is 0.437 e. The predicted molar refractivity (Wildman–Crippen MR) is 89.0 cm³/mol. The number of rotatable bonds is 3. The van der Waals surface area contributed by atoms with Crippen molar-refractivity contribution in [2.24, 2.45) is 5.92 Å². The first kappa shape index (κ1) is 17.8. The molecule has 3 N–H and O–H groups in total. The number of aliphatic hydroxyl groups is 1. The number of hydrogen-bond donors (Lipinski definition) is 3. The van der Waals surface area contributed by atoms with Crippen molar-refractivity contribution in [3.05, 3.63) is 52.5 Å². The molecule has 0 spiro atoms. The number of Topliss-reactive ketones (excluding diaryl/α,β-unsaturated/α-hetero) is 1. The normalized spacial score (nSPS) is 26.6. The number of carbonyl (C=O) groups excluding carboxylic acids is 1. The van der Waals surface area contributed by atoms with E-state index in [1.54, 1.807) is 11.4 Å². The lowest BCUT2D eigenvalue weighted by Crippen LogP contribution is -2.72. The maximum atomic E-state index is 13.7. The number of thiophene rings is 1. The van der Waals surface area contributed by atoms with Crippen LogP contribution >= 0.6 is 23.6 Å². The summed E-state index contributed by atoms with van der Waals surface area (Å²) < 4.78 is 41.0. The van der Waals surface area contributed by atoms with E-state index in [1.807, 2.05) is 5.32 Å². The van der Waals surface area contributed by atoms with E-state index < -0.39 is 34.8 Å². The third-order valence-electron chi connectivity index (χ3n) is 3.92. The second-order valence-electron chi connectivity index (χ2n) is 5.44. The van der Waals surface area contributed by atoms with Gasteiger partial charge < -0.3 is 15.7 Å². The smallest absolute Gasteiger partial charge is 0.363 e. The third-order valence-corrected chi connectivity index (χ3v) is 5.02. The lowest BCUT2D eigenvalue weighted by molar-refractivity contribution is -0.285. The summed E-state index contributed by atoms with van der Waals surface area (Å²) in [5, 5.41) is 16.1. The highest BCUT2D eigenvalue weighted by molar-refractivity contribution is 7.80. The summed E-state index contributed by atoms with van der Waals surface area (Å²) in [6.07, 6.45) is -2.34. The molecule has 0 unspecified atom stereocenters. The topological polar surface area (TPSA) is 74.2 Å². The Hall–Kier alpha value is -2.04. The molecule has 1 saturated heterocycles. The van der Waals surface area contributed by atoms with Crippen molar-refractivity contribution >= 4 is 34.5 Å². The molecule has 5 nitrogen and oxygen atoms in total. The molecule has 1 aliphatic heterocycles. The van der Waals surface area contributed by atoms with E-state index >= 15 is 0 Å². The number of nitrogens with one attached hydrogen (secondary N) is 2. The summed E-state index contributed by atoms with van der Waals surface area (Å²) in [4.78, 5) is 16.8. The Labute approximate surface area is 149 Å². The first-order valence-electron chi connectivity index (χ1n) is 7.09. The van der Waals surface area contributed by atoms with Gasteiger partial charge in [0.2, 0.25) is 5.72 Å². The van der Waals surface area contributed by atoms with Crippen LogP contribution in [-0.2, 0) is 0 Å². The van der Waals surface area contributed by atoms with Crippen LogP contribution in [0.25, 0.3) is 0 Å². The number of nitrogens with zero attached hydrogens (tertiary/aromatic N) is 1. The maximum Gasteiger partial charge on any atom is 0.437 e. The number of hydrogen-bond acceptors (Lipinski definition) is 5. The highest BCUT2D eigenvalue weighted by Crippen LogP contribution is 2.44. The van der Waals surface area contributed by atoms with E-state index in [0.29, 0.717) is 5.56 Å². The Kier molecular flexibility index (Phi) is 4.52. The minimum atomic E-state index is -5.12. The fraction of sp³-hybridized carbons (Fsp3) is 0.267. The van der Waals surface area contributed by atoms with E-state index in [9.17, 15) is 23.1 Å². The predicted octanol–water partition coefficient (Wildman–Crippen LogP) is 2.41. The summed E-state index contributed by atoms with van der Waals surface area (Å²) in [7, 11) is 0. The van der Waals surface area contributed by atoms with Crippen LogP contribution in [0.1, 0.15) is 21.3 Å². The zero-order valence-electron chi connectivity index (χ0n) is 12.4. The first-order valence-corrected chi connectivity index (χ1v) is 8.38. The van der Waals surface area contributed by atoms with Crippen molar-refractivity contribution in [1.82, 2.24) is 15.6 Å². The Morgan fingerprint density at radius 3 is 2.56 bits per heavy atom. The molecular formula is C15H12F3N3O2S2. The van der Waals surface area contributed by atoms with Gasteiger partial charge in [0.15, 0.2) is 10.9 Å². The van der Waals surface area contributed by atoms with Crippen LogP contribution in [0.15, 0.2) is 42.0 Å². The van der Waals surface area contributed by atoms with Gasteiger partial charge in [-0.3, -0.25) is 9.78 Å². The zero-order valence-corrected chi connectivity index (χ0v) is 14.1. The van der Waals surface area contributed by atoms with Gasteiger partial charge in [-0.2, -0.15) is 13.2 Å². The Bertz CT molecular complexity index is 783. The highest BCUT2D eigenvalue weighted by Gasteiger charge is 2.65. The van der Waals surface area contributed by atoms with Crippen molar-refractivity contribution < 1.29 is 23.1 Å². The van der Waals surface area contributed by atoms with Crippen molar-refractivity contribution in [1.29, 1.82) is 0 Å². The SMILES string of the molecule is O=C(c1cccs1)[C@H]1[C@@H](c2ccncc2)NC(=S)N[C@@]1(O)C(F)(F)F. The molecule has 0 bridgehead atoms. The average molecular weight is 387 g/mol. The lowest BCUT2D eigenvalue weighted by Gasteiger charge is -2.46. The summed E-state index contributed by atoms with van der Waals surface area (Å²) >= 11 is 5.84. The number of ketones is 1. The van der Waals surface area contributed by atoms with Crippen LogP contribution in [0.2, 0.25) is 0 Å². The van der Waals surface area contributed by atoms with E-state index in [4.69, 9.17) is 12.2 Å². The zero-order chi connectivity index (χ0) is 18.2. The van der Waals surface area contributed by atoms with Crippen molar-refractivity contribution in [2.75, 3.05) is 0 Å². The fourth-order valence-corrected chi connectivity index (χ4v) is 3.75. The molecule has 3 heterocycles. The summed E-state index contributed by atoms with van der Waals surface area (Å²) in [5.74, 6) is -2.71. The molecule has 0 saturated carbocycles. The molecule has 0 aromatic carbocycles. The molecule has 1 fully saturated rings. The highest BCUT2D eigenvalue weighted by atomic mass is 32.1. The number of aromatic nitrogens is 1. The van der Waals surface area contributed by atoms with Crippen molar-refractivity contribution in [3.63, 3.8) is 0 Å². The Morgan fingerprint density at radius 1 is 1.32 bits per heavy atom. The summed E-state index contributed by atoms with van der Waals surface area (Å²) in [6, 6.07) is 4.74. The van der Waals surface area contributed by atoms with Crippen molar-refractivity contribution in [2.45, 2.75) is 17.9 Å². The maximum absolute atomic E-state index is 13.7. The minimum Gasteiger partial charge on any atom is -0.363 e. The molecule has 132 valence electrons. The van der Waals surface area contributed by atoms with E-state index in [2.05, 4.69) is 10.3 Å². The molecule has 3 atom stereocenters. The third kappa shape index (κ3) is 3.12. The van der Waals surface area contributed by atoms with E-state index in [0.717, 1.165) is 11.3 Å². The second-order valence-corrected chi connectivity index (χ2v) is 6.80. The summed E-state index contributed by atoms with van der Waals surface area (Å²) in [5.41, 5.74) is -3.14. The van der Waals surface area contributed by atoms with Crippen LogP contribution in [0, 0.1) is 5.92 Å². The second kappa shape index (κ2) is 6.36. The lowest BCUT2D eigenvalue weighted by atomic mass is 9.79.